The number of rotatable bonds is 8. The predicted octanol–water partition coefficient (Wildman–Crippen LogP) is 4.06. The maximum atomic E-state index is 12.3. The second-order valence-corrected chi connectivity index (χ2v) is 8.12. The minimum absolute atomic E-state index is 0.152. The molecule has 182 valence electrons. The number of aryl methyl sites for hydroxylation is 1. The summed E-state index contributed by atoms with van der Waals surface area (Å²) in [6.07, 6.45) is 2.85. The molecule has 0 radical (unpaired) electrons. The Bertz CT molecular complexity index is 1160. The van der Waals surface area contributed by atoms with E-state index < -0.39 is 12.0 Å². The zero-order chi connectivity index (χ0) is 24.6. The summed E-state index contributed by atoms with van der Waals surface area (Å²) in [4.78, 5) is 39.5. The number of aromatic carboxylic acids is 1. The maximum absolute atomic E-state index is 12.3. The fourth-order valence-electron chi connectivity index (χ4n) is 3.58. The average molecular weight is 477 g/mol. The van der Waals surface area contributed by atoms with E-state index in [1.54, 1.807) is 12.1 Å². The number of nitrogens with one attached hydrogen (secondary N) is 2. The van der Waals surface area contributed by atoms with Crippen molar-refractivity contribution < 1.29 is 19.4 Å². The van der Waals surface area contributed by atoms with Gasteiger partial charge in [-0.1, -0.05) is 13.3 Å². The van der Waals surface area contributed by atoms with E-state index in [4.69, 9.17) is 14.8 Å². The van der Waals surface area contributed by atoms with Gasteiger partial charge in [-0.3, -0.25) is 0 Å². The Morgan fingerprint density at radius 2 is 1.57 bits per heavy atom. The van der Waals surface area contributed by atoms with E-state index >= 15 is 0 Å². The van der Waals surface area contributed by atoms with Crippen molar-refractivity contribution in [1.82, 2.24) is 15.0 Å². The van der Waals surface area contributed by atoms with Gasteiger partial charge >= 0.3 is 12.0 Å². The summed E-state index contributed by atoms with van der Waals surface area (Å²) in [5, 5.41) is 14.4. The van der Waals surface area contributed by atoms with E-state index in [0.29, 0.717) is 36.4 Å². The topological polar surface area (TPSA) is 130 Å². The van der Waals surface area contributed by atoms with E-state index in [0.717, 1.165) is 43.7 Å². The molecule has 1 aliphatic rings. The van der Waals surface area contributed by atoms with E-state index in [1.165, 1.54) is 24.3 Å². The number of unbranched alkanes of at least 4 members (excludes halogenated alkanes) is 1. The van der Waals surface area contributed by atoms with E-state index in [2.05, 4.69) is 32.4 Å². The normalized spacial score (nSPS) is 13.3. The minimum atomic E-state index is -1.02. The first-order valence-corrected chi connectivity index (χ1v) is 11.6. The zero-order valence-electron chi connectivity index (χ0n) is 19.5. The van der Waals surface area contributed by atoms with Gasteiger partial charge in [-0.15, -0.1) is 0 Å². The number of benzene rings is 2. The Morgan fingerprint density at radius 1 is 0.943 bits per heavy atom. The van der Waals surface area contributed by atoms with E-state index in [1.807, 2.05) is 12.1 Å². The number of urea groups is 1. The molecule has 0 bridgehead atoms. The fourth-order valence-corrected chi connectivity index (χ4v) is 3.58. The Kier molecular flexibility index (Phi) is 7.84. The molecule has 10 nitrogen and oxygen atoms in total. The summed E-state index contributed by atoms with van der Waals surface area (Å²) in [6, 6.07) is 12.8. The van der Waals surface area contributed by atoms with Gasteiger partial charge in [0.2, 0.25) is 5.95 Å². The van der Waals surface area contributed by atoms with Crippen molar-refractivity contribution in [2.75, 3.05) is 41.8 Å². The highest BCUT2D eigenvalue weighted by atomic mass is 16.5. The van der Waals surface area contributed by atoms with Crippen LogP contribution < -0.4 is 15.5 Å². The number of anilines is 3. The smallest absolute Gasteiger partial charge is 0.335 e. The largest absolute Gasteiger partial charge is 0.478 e. The molecule has 1 aromatic heterocycles. The van der Waals surface area contributed by atoms with Crippen LogP contribution in [-0.2, 0) is 11.2 Å². The van der Waals surface area contributed by atoms with Gasteiger partial charge in [-0.05, 0) is 55.0 Å². The van der Waals surface area contributed by atoms with Gasteiger partial charge in [0.25, 0.3) is 0 Å². The van der Waals surface area contributed by atoms with Crippen molar-refractivity contribution in [1.29, 1.82) is 0 Å². The molecule has 0 saturated carbocycles. The van der Waals surface area contributed by atoms with Crippen LogP contribution in [0.25, 0.3) is 11.4 Å². The van der Waals surface area contributed by atoms with Crippen LogP contribution in [0, 0.1) is 0 Å². The molecule has 35 heavy (non-hydrogen) atoms. The first kappa shape index (κ1) is 24.1. The molecule has 0 unspecified atom stereocenters. The highest BCUT2D eigenvalue weighted by molar-refractivity contribution is 6.00. The molecule has 2 amide bonds. The highest BCUT2D eigenvalue weighted by Gasteiger charge is 2.17. The maximum Gasteiger partial charge on any atom is 0.335 e. The third-order valence-electron chi connectivity index (χ3n) is 5.51. The number of carboxylic acid groups (broad SMARTS) is 1. The zero-order valence-corrected chi connectivity index (χ0v) is 19.5. The lowest BCUT2D eigenvalue weighted by Gasteiger charge is -2.27. The van der Waals surface area contributed by atoms with Crippen molar-refractivity contribution in [3.8, 4) is 11.4 Å². The summed E-state index contributed by atoms with van der Waals surface area (Å²) in [5.74, 6) is 1.02. The number of nitrogens with zero attached hydrogens (tertiary/aromatic N) is 4. The first-order chi connectivity index (χ1) is 17.0. The van der Waals surface area contributed by atoms with Gasteiger partial charge < -0.3 is 25.4 Å². The quantitative estimate of drug-likeness (QED) is 0.444. The Morgan fingerprint density at radius 3 is 2.17 bits per heavy atom. The van der Waals surface area contributed by atoms with Crippen molar-refractivity contribution >= 4 is 29.3 Å². The molecule has 2 heterocycles. The third kappa shape index (κ3) is 6.51. The van der Waals surface area contributed by atoms with E-state index in [-0.39, 0.29) is 5.56 Å². The molecule has 0 aliphatic carbocycles. The number of carbonyl (C=O) groups is 2. The predicted molar refractivity (Wildman–Crippen MR) is 133 cm³/mol. The number of ether oxygens (including phenoxy) is 1. The Hall–Kier alpha value is -4.05. The highest BCUT2D eigenvalue weighted by Crippen LogP contribution is 2.22. The van der Waals surface area contributed by atoms with Gasteiger partial charge in [-0.2, -0.15) is 9.97 Å². The fraction of sp³-hybridized carbons (Fsp3) is 0.320. The van der Waals surface area contributed by atoms with Crippen molar-refractivity contribution in [2.24, 2.45) is 0 Å². The summed E-state index contributed by atoms with van der Waals surface area (Å²) >= 11 is 0. The number of carboxylic acids is 1. The lowest BCUT2D eigenvalue weighted by atomic mass is 10.2. The van der Waals surface area contributed by atoms with Crippen molar-refractivity contribution in [2.45, 2.75) is 26.2 Å². The Labute approximate surface area is 203 Å². The van der Waals surface area contributed by atoms with Gasteiger partial charge in [0.15, 0.2) is 5.82 Å². The van der Waals surface area contributed by atoms with Gasteiger partial charge in [0.1, 0.15) is 5.82 Å². The number of hydrogen-bond acceptors (Lipinski definition) is 7. The number of hydrogen-bond donors (Lipinski definition) is 3. The molecular formula is C25H28N6O4. The minimum Gasteiger partial charge on any atom is -0.478 e. The van der Waals surface area contributed by atoms with Crippen LogP contribution in [0.15, 0.2) is 48.5 Å². The van der Waals surface area contributed by atoms with E-state index in [9.17, 15) is 9.59 Å². The summed E-state index contributed by atoms with van der Waals surface area (Å²) in [7, 11) is 0. The summed E-state index contributed by atoms with van der Waals surface area (Å²) < 4.78 is 5.45. The van der Waals surface area contributed by atoms with Crippen LogP contribution in [-0.4, -0.2) is 58.4 Å². The van der Waals surface area contributed by atoms with Crippen molar-refractivity contribution in [3.05, 3.63) is 59.9 Å². The molecule has 0 spiro atoms. The molecule has 2 aromatic carbocycles. The lowest BCUT2D eigenvalue weighted by Crippen LogP contribution is -2.37. The number of aromatic nitrogens is 3. The second kappa shape index (κ2) is 11.4. The van der Waals surface area contributed by atoms with Crippen molar-refractivity contribution in [3.63, 3.8) is 0 Å². The van der Waals surface area contributed by atoms with Crippen LogP contribution in [0.2, 0.25) is 0 Å². The average Bonchev–Trinajstić information content (AvgIpc) is 2.88. The van der Waals surface area contributed by atoms with Crippen LogP contribution >= 0.6 is 0 Å². The SMILES string of the molecule is CCCCc1nc(-c2ccc(NC(=O)Nc3ccc(C(=O)O)cc3)cc2)nc(N2CCOCC2)n1. The molecule has 10 heteroatoms. The molecule has 4 rings (SSSR count). The van der Waals surface area contributed by atoms with Crippen LogP contribution in [0.5, 0.6) is 0 Å². The third-order valence-corrected chi connectivity index (χ3v) is 5.51. The second-order valence-electron chi connectivity index (χ2n) is 8.12. The lowest BCUT2D eigenvalue weighted by molar-refractivity contribution is 0.0697. The summed E-state index contributed by atoms with van der Waals surface area (Å²) in [5.41, 5.74) is 2.07. The first-order valence-electron chi connectivity index (χ1n) is 11.6. The molecule has 0 atom stereocenters. The molecule has 1 aliphatic heterocycles. The summed E-state index contributed by atoms with van der Waals surface area (Å²) in [6.45, 7) is 4.92. The number of morpholine rings is 1. The van der Waals surface area contributed by atoms with Crippen LogP contribution in [0.3, 0.4) is 0 Å². The standard InChI is InChI=1S/C25H28N6O4/c1-2-3-4-21-28-22(30-24(29-21)31-13-15-35-16-14-31)17-5-9-19(10-6-17)26-25(34)27-20-11-7-18(8-12-20)23(32)33/h5-12H,2-4,13-16H2,1H3,(H,32,33)(H2,26,27,34). The molecular weight excluding hydrogens is 448 g/mol. The van der Waals surface area contributed by atoms with Crippen LogP contribution in [0.4, 0.5) is 22.1 Å². The monoisotopic (exact) mass is 476 g/mol. The molecule has 3 N–H and O–H groups in total. The molecule has 1 saturated heterocycles. The van der Waals surface area contributed by atoms with Gasteiger partial charge in [0.05, 0.1) is 18.8 Å². The Balaban J connectivity index is 1.46. The number of amides is 2. The van der Waals surface area contributed by atoms with Gasteiger partial charge in [0, 0.05) is 36.4 Å². The molecule has 3 aromatic rings. The molecule has 1 fully saturated rings. The van der Waals surface area contributed by atoms with Crippen LogP contribution in [0.1, 0.15) is 35.9 Å². The van der Waals surface area contributed by atoms with Gasteiger partial charge in [-0.25, -0.2) is 14.6 Å². The number of carbonyl (C=O) groups excluding carboxylic acids is 1.